The van der Waals surface area contributed by atoms with Crippen LogP contribution in [0.15, 0.2) is 73.8 Å². The highest BCUT2D eigenvalue weighted by atomic mass is 33.1. The van der Waals surface area contributed by atoms with E-state index in [-0.39, 0.29) is 37.5 Å². The third kappa shape index (κ3) is 7.41. The van der Waals surface area contributed by atoms with Crippen LogP contribution < -0.4 is 26.7 Å². The van der Waals surface area contributed by atoms with Crippen molar-refractivity contribution in [2.75, 3.05) is 51.4 Å². The molecule has 1 saturated carbocycles. The number of hydrogen-bond donors (Lipinski definition) is 5. The van der Waals surface area contributed by atoms with E-state index in [2.05, 4.69) is 16.7 Å². The van der Waals surface area contributed by atoms with Crippen molar-refractivity contribution in [1.29, 1.82) is 0 Å². The van der Waals surface area contributed by atoms with E-state index in [0.29, 0.717) is 72.3 Å². The number of carbonyl (C=O) groups is 2. The third-order valence-electron chi connectivity index (χ3n) is 14.6. The van der Waals surface area contributed by atoms with Crippen LogP contribution in [-0.4, -0.2) is 95.6 Å². The minimum atomic E-state index is -1.18. The summed E-state index contributed by atoms with van der Waals surface area (Å²) in [5.41, 5.74) is 8.43. The van der Waals surface area contributed by atoms with Crippen LogP contribution in [0.1, 0.15) is 83.3 Å². The molecule has 324 valence electrons. The normalized spacial score (nSPS) is 29.6. The largest absolute Gasteiger partial charge is 0.481 e. The number of benzene rings is 1. The van der Waals surface area contributed by atoms with Gasteiger partial charge in [0.05, 0.1) is 18.2 Å². The summed E-state index contributed by atoms with van der Waals surface area (Å²) in [7, 11) is 5.52. The lowest BCUT2D eigenvalue weighted by Gasteiger charge is -2.53. The molecule has 2 aromatic rings. The van der Waals surface area contributed by atoms with E-state index in [9.17, 15) is 24.6 Å². The Labute approximate surface area is 360 Å². The first-order chi connectivity index (χ1) is 28.9. The Morgan fingerprint density at radius 1 is 1.18 bits per heavy atom. The molecule has 1 saturated heterocycles. The van der Waals surface area contributed by atoms with Crippen LogP contribution in [0.25, 0.3) is 11.0 Å². The predicted octanol–water partition coefficient (Wildman–Crippen LogP) is 5.41. The molecule has 6 atom stereocenters. The number of nitrogens with zero attached hydrogens (tertiary/aromatic N) is 1. The lowest BCUT2D eigenvalue weighted by atomic mass is 9.61. The molecule has 4 aliphatic heterocycles. The van der Waals surface area contributed by atoms with Gasteiger partial charge in [-0.15, -0.1) is 0 Å². The Hall–Kier alpha value is -3.69. The summed E-state index contributed by atoms with van der Waals surface area (Å²) < 4.78 is 20.2. The molecular weight excluding hydrogens is 801 g/mol. The predicted molar refractivity (Wildman–Crippen MR) is 236 cm³/mol. The minimum absolute atomic E-state index is 0.0797. The zero-order valence-electron chi connectivity index (χ0n) is 35.3. The highest BCUT2D eigenvalue weighted by Crippen LogP contribution is 2.58. The summed E-state index contributed by atoms with van der Waals surface area (Å²) in [5.74, 6) is 1.85. The second-order valence-electron chi connectivity index (χ2n) is 17.9. The number of nitrogens with two attached hydrogens (primary N) is 1. The Morgan fingerprint density at radius 2 is 1.98 bits per heavy atom. The average molecular weight is 861 g/mol. The topological polar surface area (TPSA) is 177 Å². The maximum Gasteiger partial charge on any atom is 0.340 e. The second-order valence-corrected chi connectivity index (χ2v) is 20.4. The van der Waals surface area contributed by atoms with E-state index in [1.807, 2.05) is 44.0 Å². The molecule has 2 fully saturated rings. The number of carbonyl (C=O) groups excluding carboxylic acids is 2. The van der Waals surface area contributed by atoms with E-state index < -0.39 is 34.1 Å². The minimum Gasteiger partial charge on any atom is -0.481 e. The number of hydrogen-bond acceptors (Lipinski definition) is 13. The molecule has 1 aromatic carbocycles. The van der Waals surface area contributed by atoms with E-state index in [0.717, 1.165) is 72.1 Å². The Balaban J connectivity index is 1.27. The van der Waals surface area contributed by atoms with Gasteiger partial charge >= 0.3 is 11.6 Å². The first-order valence-electron chi connectivity index (χ1n) is 21.6. The van der Waals surface area contributed by atoms with Gasteiger partial charge in [-0.3, -0.25) is 4.79 Å². The summed E-state index contributed by atoms with van der Waals surface area (Å²) >= 11 is 0. The molecule has 12 nitrogen and oxygen atoms in total. The van der Waals surface area contributed by atoms with Gasteiger partial charge in [-0.05, 0) is 87.9 Å². The second kappa shape index (κ2) is 17.2. The molecule has 6 aliphatic rings. The monoisotopic (exact) mass is 860 g/mol. The molecule has 5 heterocycles. The molecule has 0 unspecified atom stereocenters. The van der Waals surface area contributed by atoms with Crippen molar-refractivity contribution in [2.24, 2.45) is 23.5 Å². The molecule has 14 heteroatoms. The zero-order valence-corrected chi connectivity index (χ0v) is 36.9. The van der Waals surface area contributed by atoms with Crippen LogP contribution in [-0.2, 0) is 26.2 Å². The number of dihydropyridines is 1. The Kier molecular flexibility index (Phi) is 12.3. The number of rotatable bonds is 9. The highest BCUT2D eigenvalue weighted by Gasteiger charge is 2.64. The van der Waals surface area contributed by atoms with Gasteiger partial charge in [0.25, 0.3) is 0 Å². The van der Waals surface area contributed by atoms with Crippen molar-refractivity contribution >= 4 is 44.4 Å². The van der Waals surface area contributed by atoms with Crippen LogP contribution in [0.2, 0.25) is 0 Å². The molecule has 60 heavy (non-hydrogen) atoms. The zero-order chi connectivity index (χ0) is 42.4. The summed E-state index contributed by atoms with van der Waals surface area (Å²) in [6.07, 6.45) is 11.6. The van der Waals surface area contributed by atoms with Gasteiger partial charge in [0.1, 0.15) is 11.3 Å². The number of aliphatic hydroxyl groups excluding tert-OH is 2. The van der Waals surface area contributed by atoms with Crippen molar-refractivity contribution in [3.05, 3.63) is 86.1 Å². The fourth-order valence-electron chi connectivity index (χ4n) is 11.1. The molecule has 1 spiro atoms. The fourth-order valence-corrected chi connectivity index (χ4v) is 13.6. The maximum absolute atomic E-state index is 14.2. The third-order valence-corrected chi connectivity index (χ3v) is 16.9. The van der Waals surface area contributed by atoms with E-state index in [4.69, 9.17) is 19.6 Å². The fraction of sp³-hybridized carbons (Fsp3) is 0.587. The number of amides is 1. The Morgan fingerprint density at radius 3 is 2.72 bits per heavy atom. The Bertz CT molecular complexity index is 2210. The van der Waals surface area contributed by atoms with Crippen LogP contribution in [0.3, 0.4) is 0 Å². The van der Waals surface area contributed by atoms with Gasteiger partial charge in [0.15, 0.2) is 11.2 Å². The number of esters is 1. The molecule has 0 radical (unpaired) electrons. The molecular formula is C46H60N4O8S2. The van der Waals surface area contributed by atoms with Gasteiger partial charge in [0.2, 0.25) is 5.91 Å². The quantitative estimate of drug-likeness (QED) is 0.0713. The van der Waals surface area contributed by atoms with Crippen LogP contribution in [0.4, 0.5) is 0 Å². The number of fused-ring (bicyclic) bond motifs is 6. The van der Waals surface area contributed by atoms with Crippen LogP contribution >= 0.6 is 21.6 Å². The van der Waals surface area contributed by atoms with Gasteiger partial charge in [-0.25, -0.2) is 9.59 Å². The molecule has 1 aromatic heterocycles. The van der Waals surface area contributed by atoms with Gasteiger partial charge in [-0.1, -0.05) is 58.6 Å². The lowest BCUT2D eigenvalue weighted by Crippen LogP contribution is -2.65. The van der Waals surface area contributed by atoms with Gasteiger partial charge in [0, 0.05) is 97.2 Å². The lowest BCUT2D eigenvalue weighted by molar-refractivity contribution is -0.186. The maximum atomic E-state index is 14.2. The van der Waals surface area contributed by atoms with Crippen molar-refractivity contribution in [1.82, 2.24) is 15.5 Å². The van der Waals surface area contributed by atoms with Crippen molar-refractivity contribution in [3.8, 4) is 5.75 Å². The van der Waals surface area contributed by atoms with Crippen LogP contribution in [0, 0.1) is 17.8 Å². The molecule has 6 N–H and O–H groups in total. The average Bonchev–Trinajstić information content (AvgIpc) is 3.60. The number of aliphatic hydroxyl groups is 2. The molecule has 2 aliphatic carbocycles. The first-order valence-corrected chi connectivity index (χ1v) is 24.1. The summed E-state index contributed by atoms with van der Waals surface area (Å²) in [6, 6.07) is 5.93. The number of ether oxygens (including phenoxy) is 2. The highest BCUT2D eigenvalue weighted by molar-refractivity contribution is 8.76. The number of nitrogens with one attached hydrogen (secondary N) is 2. The summed E-state index contributed by atoms with van der Waals surface area (Å²) in [4.78, 5) is 44.2. The molecule has 0 bridgehead atoms. The summed E-state index contributed by atoms with van der Waals surface area (Å²) in [6.45, 7) is 7.28. The number of allylic oxidation sites excluding steroid dienone is 2. The van der Waals surface area contributed by atoms with E-state index in [1.54, 1.807) is 40.7 Å². The van der Waals surface area contributed by atoms with E-state index >= 15 is 0 Å². The van der Waals surface area contributed by atoms with E-state index in [1.165, 1.54) is 0 Å². The first kappa shape index (κ1) is 43.0. The van der Waals surface area contributed by atoms with Crippen molar-refractivity contribution in [3.63, 3.8) is 0 Å². The van der Waals surface area contributed by atoms with Crippen molar-refractivity contribution < 1.29 is 33.7 Å². The molecule has 8 rings (SSSR count). The SMILES string of the molecule is C/C=C(\C)C(=O)O[C@]1(C)CC=C2CSSC[C@H]3[C@H](CNC)CN3C(=O)CC3=C(C=C(N)NC3)[C@H]2[C@]12Cc1cc3cc(C4([C@H](CO)CCO)CCCCC4)c(=O)oc3cc1O2. The smallest absolute Gasteiger partial charge is 0.340 e. The van der Waals surface area contributed by atoms with Gasteiger partial charge < -0.3 is 45.4 Å². The van der Waals surface area contributed by atoms with Crippen molar-refractivity contribution in [2.45, 2.75) is 101 Å². The summed E-state index contributed by atoms with van der Waals surface area (Å²) in [5, 5.41) is 27.9. The van der Waals surface area contributed by atoms with Gasteiger partial charge in [-0.2, -0.15) is 0 Å². The molecule has 1 amide bonds. The standard InChI is InChI=1S/C46H60N4O8S2/c1-5-27(2)42(54)58-44(3)13-9-28-25-59-60-26-36-32(21-48-4)23-50(36)40(53)17-31-22-49-39(47)18-34(31)41(28)46(44)20-30-15-29-16-35(43(55)56-37(29)19-38(30)57-46)45(11-7-6-8-12-45)33(24-52)10-14-51/h5,9,15-16,18-19,32-33,36,41,48-49,51-52H,6-8,10-14,17,20-26,47H2,1-4H3/b27-5+/t32-,33+,36+,41+,44-,46-/m1/s1. The van der Waals surface area contributed by atoms with Crippen LogP contribution in [0.5, 0.6) is 5.75 Å².